The lowest BCUT2D eigenvalue weighted by Crippen LogP contribution is -2.43. The maximum Gasteiger partial charge on any atom is 0.328 e. The van der Waals surface area contributed by atoms with Gasteiger partial charge in [0, 0.05) is 44.5 Å². The molecule has 4 rings (SSSR count). The number of benzene rings is 1. The predicted molar refractivity (Wildman–Crippen MR) is 101 cm³/mol. The largest absolute Gasteiger partial charge is 0.383 e. The molecule has 1 aliphatic heterocycles. The number of ether oxygens (including phenoxy) is 1. The Morgan fingerprint density at radius 2 is 1.96 bits per heavy atom. The van der Waals surface area contributed by atoms with E-state index in [1.807, 2.05) is 12.1 Å². The second-order valence-electron chi connectivity index (χ2n) is 6.29. The van der Waals surface area contributed by atoms with Gasteiger partial charge in [0.2, 0.25) is 0 Å². The predicted octanol–water partition coefficient (Wildman–Crippen LogP) is 0.843. The number of methoxy groups -OCH3 is 1. The van der Waals surface area contributed by atoms with E-state index in [0.717, 1.165) is 37.4 Å². The molecule has 0 spiro atoms. The number of nitrogens with zero attached hydrogens (tertiary/aromatic N) is 4. The number of fused-ring (bicyclic) bond motifs is 1. The molecule has 2 N–H and O–H groups in total. The van der Waals surface area contributed by atoms with Gasteiger partial charge in [-0.1, -0.05) is 12.1 Å². The number of aromatic amines is 1. The molecule has 1 aliphatic rings. The Labute approximate surface area is 150 Å². The fourth-order valence-electron chi connectivity index (χ4n) is 3.22. The van der Waals surface area contributed by atoms with Crippen molar-refractivity contribution < 1.29 is 4.74 Å². The molecule has 0 aliphatic carbocycles. The second kappa shape index (κ2) is 7.27. The molecule has 0 unspecified atom stereocenters. The number of nitrogens with one attached hydrogen (secondary N) is 2. The van der Waals surface area contributed by atoms with Crippen LogP contribution in [-0.2, 0) is 11.3 Å². The highest BCUT2D eigenvalue weighted by Gasteiger charge is 2.13. The van der Waals surface area contributed by atoms with Crippen LogP contribution in [0.1, 0.15) is 0 Å². The van der Waals surface area contributed by atoms with Crippen LogP contribution in [0.25, 0.3) is 22.6 Å². The molecule has 3 heterocycles. The van der Waals surface area contributed by atoms with Crippen LogP contribution in [0.2, 0.25) is 0 Å². The van der Waals surface area contributed by atoms with Crippen molar-refractivity contribution in [2.24, 2.45) is 0 Å². The van der Waals surface area contributed by atoms with Gasteiger partial charge in [-0.25, -0.2) is 14.8 Å². The van der Waals surface area contributed by atoms with Crippen molar-refractivity contribution in [3.8, 4) is 11.3 Å². The Bertz CT molecular complexity index is 940. The molecule has 0 saturated carbocycles. The smallest absolute Gasteiger partial charge is 0.328 e. The Balaban J connectivity index is 1.61. The molecule has 3 aromatic rings. The zero-order chi connectivity index (χ0) is 17.9. The van der Waals surface area contributed by atoms with Crippen LogP contribution in [0.3, 0.4) is 0 Å². The highest BCUT2D eigenvalue weighted by molar-refractivity contribution is 5.71. The Morgan fingerprint density at radius 3 is 2.69 bits per heavy atom. The molecule has 1 fully saturated rings. The molecule has 0 radical (unpaired) electrons. The summed E-state index contributed by atoms with van der Waals surface area (Å²) in [7, 11) is 1.60. The summed E-state index contributed by atoms with van der Waals surface area (Å²) in [4.78, 5) is 26.2. The zero-order valence-corrected chi connectivity index (χ0v) is 14.7. The summed E-state index contributed by atoms with van der Waals surface area (Å²) in [6, 6.07) is 8.32. The summed E-state index contributed by atoms with van der Waals surface area (Å²) in [5.41, 5.74) is 3.75. The van der Waals surface area contributed by atoms with E-state index in [2.05, 4.69) is 37.3 Å². The van der Waals surface area contributed by atoms with Gasteiger partial charge in [0.1, 0.15) is 0 Å². The normalized spacial score (nSPS) is 14.9. The van der Waals surface area contributed by atoms with Crippen molar-refractivity contribution in [2.45, 2.75) is 6.54 Å². The first-order valence-corrected chi connectivity index (χ1v) is 8.77. The minimum absolute atomic E-state index is 0.219. The van der Waals surface area contributed by atoms with E-state index < -0.39 is 0 Å². The highest BCUT2D eigenvalue weighted by Crippen LogP contribution is 2.22. The summed E-state index contributed by atoms with van der Waals surface area (Å²) in [6.07, 6.45) is 1.71. The average Bonchev–Trinajstić information content (AvgIpc) is 3.01. The van der Waals surface area contributed by atoms with Crippen molar-refractivity contribution in [1.29, 1.82) is 0 Å². The molecule has 136 valence electrons. The highest BCUT2D eigenvalue weighted by atomic mass is 16.5. The summed E-state index contributed by atoms with van der Waals surface area (Å²) in [5, 5.41) is 3.36. The van der Waals surface area contributed by atoms with E-state index in [1.54, 1.807) is 17.9 Å². The van der Waals surface area contributed by atoms with Crippen LogP contribution in [0, 0.1) is 0 Å². The number of rotatable bonds is 5. The molecular formula is C18H22N6O2. The first-order chi connectivity index (χ1) is 12.8. The minimum Gasteiger partial charge on any atom is -0.383 e. The fourth-order valence-corrected chi connectivity index (χ4v) is 3.22. The standard InChI is InChI=1S/C18H22N6O2/c1-26-11-10-24-17-16(22-18(24)25)21-15(12-20-17)13-2-4-14(5-3-13)23-8-6-19-7-9-23/h2-5,12,19H,6-11H2,1H3,(H,21,22,25). The molecule has 8 nitrogen and oxygen atoms in total. The molecule has 0 bridgehead atoms. The molecule has 0 atom stereocenters. The van der Waals surface area contributed by atoms with Crippen LogP contribution in [0.5, 0.6) is 0 Å². The van der Waals surface area contributed by atoms with Crippen LogP contribution < -0.4 is 15.9 Å². The quantitative estimate of drug-likeness (QED) is 0.706. The SMILES string of the molecule is COCCn1c(=O)[nH]c2nc(-c3ccc(N4CCNCC4)cc3)cnc21. The third-order valence-corrected chi connectivity index (χ3v) is 4.64. The number of hydrogen-bond donors (Lipinski definition) is 2. The van der Waals surface area contributed by atoms with Gasteiger partial charge in [-0.2, -0.15) is 0 Å². The maximum atomic E-state index is 12.1. The van der Waals surface area contributed by atoms with E-state index in [0.29, 0.717) is 24.4 Å². The summed E-state index contributed by atoms with van der Waals surface area (Å²) in [6.45, 7) is 4.95. The van der Waals surface area contributed by atoms with E-state index in [1.165, 1.54) is 5.69 Å². The summed E-state index contributed by atoms with van der Waals surface area (Å²) >= 11 is 0. The van der Waals surface area contributed by atoms with Crippen LogP contribution in [0.4, 0.5) is 5.69 Å². The molecule has 0 amide bonds. The van der Waals surface area contributed by atoms with Crippen molar-refractivity contribution >= 4 is 17.0 Å². The topological polar surface area (TPSA) is 88.1 Å². The Morgan fingerprint density at radius 1 is 1.19 bits per heavy atom. The van der Waals surface area contributed by atoms with Crippen molar-refractivity contribution in [3.63, 3.8) is 0 Å². The van der Waals surface area contributed by atoms with E-state index in [4.69, 9.17) is 4.74 Å². The van der Waals surface area contributed by atoms with Crippen molar-refractivity contribution in [1.82, 2.24) is 24.8 Å². The van der Waals surface area contributed by atoms with Crippen LogP contribution >= 0.6 is 0 Å². The average molecular weight is 354 g/mol. The third kappa shape index (κ3) is 3.21. The van der Waals surface area contributed by atoms with Gasteiger partial charge in [0.05, 0.1) is 25.0 Å². The van der Waals surface area contributed by atoms with Crippen molar-refractivity contribution in [3.05, 3.63) is 40.9 Å². The van der Waals surface area contributed by atoms with E-state index >= 15 is 0 Å². The molecule has 2 aromatic heterocycles. The molecule has 1 aromatic carbocycles. The number of hydrogen-bond acceptors (Lipinski definition) is 6. The first-order valence-electron chi connectivity index (χ1n) is 8.77. The molecule has 26 heavy (non-hydrogen) atoms. The van der Waals surface area contributed by atoms with E-state index in [9.17, 15) is 4.79 Å². The van der Waals surface area contributed by atoms with E-state index in [-0.39, 0.29) is 5.69 Å². The fraction of sp³-hybridized carbons (Fsp3) is 0.389. The lowest BCUT2D eigenvalue weighted by molar-refractivity contribution is 0.187. The second-order valence-corrected chi connectivity index (χ2v) is 6.29. The monoisotopic (exact) mass is 354 g/mol. The lowest BCUT2D eigenvalue weighted by Gasteiger charge is -2.29. The van der Waals surface area contributed by atoms with Crippen LogP contribution in [0.15, 0.2) is 35.3 Å². The minimum atomic E-state index is -0.219. The molecule has 8 heteroatoms. The van der Waals surface area contributed by atoms with Gasteiger partial charge in [0.15, 0.2) is 11.3 Å². The van der Waals surface area contributed by atoms with Gasteiger partial charge >= 0.3 is 5.69 Å². The van der Waals surface area contributed by atoms with Crippen LogP contribution in [-0.4, -0.2) is 59.4 Å². The zero-order valence-electron chi connectivity index (χ0n) is 14.7. The summed E-state index contributed by atoms with van der Waals surface area (Å²) in [5.74, 6) is 0. The summed E-state index contributed by atoms with van der Waals surface area (Å²) < 4.78 is 6.59. The molecular weight excluding hydrogens is 332 g/mol. The number of H-pyrrole nitrogens is 1. The Hall–Kier alpha value is -2.71. The van der Waals surface area contributed by atoms with Gasteiger partial charge in [-0.05, 0) is 12.1 Å². The molecule has 1 saturated heterocycles. The number of imidazole rings is 1. The Kier molecular flexibility index (Phi) is 4.68. The number of piperazine rings is 1. The number of aromatic nitrogens is 4. The third-order valence-electron chi connectivity index (χ3n) is 4.64. The van der Waals surface area contributed by atoms with Gasteiger partial charge < -0.3 is 15.0 Å². The van der Waals surface area contributed by atoms with Gasteiger partial charge in [-0.15, -0.1) is 0 Å². The van der Waals surface area contributed by atoms with Crippen molar-refractivity contribution in [2.75, 3.05) is 44.8 Å². The van der Waals surface area contributed by atoms with Gasteiger partial charge in [0.25, 0.3) is 0 Å². The first kappa shape index (κ1) is 16.7. The number of anilines is 1. The maximum absolute atomic E-state index is 12.1. The van der Waals surface area contributed by atoms with Gasteiger partial charge in [-0.3, -0.25) is 9.55 Å². The lowest BCUT2D eigenvalue weighted by atomic mass is 10.1.